The number of aliphatic hydroxyl groups is 1. The van der Waals surface area contributed by atoms with E-state index in [4.69, 9.17) is 0 Å². The first-order chi connectivity index (χ1) is 15.0. The number of benzene rings is 1. The smallest absolute Gasteiger partial charge is 0.393 e. The summed E-state index contributed by atoms with van der Waals surface area (Å²) >= 11 is 0. The van der Waals surface area contributed by atoms with Crippen molar-refractivity contribution in [1.82, 2.24) is 9.88 Å². The van der Waals surface area contributed by atoms with Crippen LogP contribution in [0.4, 0.5) is 23.4 Å². The van der Waals surface area contributed by atoms with Crippen molar-refractivity contribution < 1.29 is 32.3 Å². The molecule has 2 heterocycles. The van der Waals surface area contributed by atoms with Gasteiger partial charge in [-0.25, -0.2) is 9.37 Å². The van der Waals surface area contributed by atoms with E-state index in [0.717, 1.165) is 17.0 Å². The van der Waals surface area contributed by atoms with Crippen LogP contribution < -0.4 is 4.90 Å². The lowest BCUT2D eigenvalue weighted by Crippen LogP contribution is -2.64. The molecule has 170 valence electrons. The van der Waals surface area contributed by atoms with Crippen LogP contribution in [-0.4, -0.2) is 45.5 Å². The Labute approximate surface area is 181 Å². The van der Waals surface area contributed by atoms with Crippen LogP contribution in [0.5, 0.6) is 0 Å². The quantitative estimate of drug-likeness (QED) is 0.726. The minimum Gasteiger partial charge on any atom is -0.393 e. The summed E-state index contributed by atoms with van der Waals surface area (Å²) in [4.78, 5) is 32.6. The van der Waals surface area contributed by atoms with Crippen LogP contribution in [0.25, 0.3) is 0 Å². The number of hydrogen-bond acceptors (Lipinski definition) is 4. The summed E-state index contributed by atoms with van der Waals surface area (Å²) < 4.78 is 53.0. The first-order valence-corrected chi connectivity index (χ1v) is 10.1. The topological polar surface area (TPSA) is 73.7 Å². The zero-order valence-electron chi connectivity index (χ0n) is 17.1. The first kappa shape index (κ1) is 22.2. The minimum atomic E-state index is -4.48. The highest BCUT2D eigenvalue weighted by Crippen LogP contribution is 2.37. The Bertz CT molecular complexity index is 1040. The minimum absolute atomic E-state index is 0.0718. The molecule has 2 fully saturated rings. The van der Waals surface area contributed by atoms with E-state index in [9.17, 15) is 32.3 Å². The summed E-state index contributed by atoms with van der Waals surface area (Å²) in [6.45, 7) is 1.14. The molecule has 0 spiro atoms. The predicted octanol–water partition coefficient (Wildman–Crippen LogP) is 3.06. The second-order valence-electron chi connectivity index (χ2n) is 8.29. The average molecular weight is 451 g/mol. The normalized spacial score (nSPS) is 24.0. The van der Waals surface area contributed by atoms with Gasteiger partial charge in [0.05, 0.1) is 11.7 Å². The molecule has 1 saturated carbocycles. The van der Waals surface area contributed by atoms with E-state index < -0.39 is 48.1 Å². The summed E-state index contributed by atoms with van der Waals surface area (Å²) in [7, 11) is 0. The molecular formula is C22H21F4N3O3. The molecule has 2 amide bonds. The van der Waals surface area contributed by atoms with Gasteiger partial charge in [0.25, 0.3) is 5.91 Å². The van der Waals surface area contributed by atoms with Crippen molar-refractivity contribution >= 4 is 17.6 Å². The molecule has 1 aliphatic carbocycles. The number of hydrogen-bond donors (Lipinski definition) is 1. The van der Waals surface area contributed by atoms with E-state index in [1.54, 1.807) is 6.92 Å². The number of pyridine rings is 1. The average Bonchev–Trinajstić information content (AvgIpc) is 2.69. The lowest BCUT2D eigenvalue weighted by molar-refractivity contribution is -0.149. The van der Waals surface area contributed by atoms with Crippen molar-refractivity contribution in [2.75, 3.05) is 11.4 Å². The first-order valence-electron chi connectivity index (χ1n) is 10.1. The van der Waals surface area contributed by atoms with Crippen molar-refractivity contribution in [1.29, 1.82) is 0 Å². The van der Waals surface area contributed by atoms with Crippen molar-refractivity contribution in [2.45, 2.75) is 44.6 Å². The number of aromatic nitrogens is 1. The van der Waals surface area contributed by atoms with Gasteiger partial charge in [-0.15, -0.1) is 0 Å². The molecule has 10 heteroatoms. The number of carbonyl (C=O) groups is 2. The highest BCUT2D eigenvalue weighted by atomic mass is 19.4. The third-order valence-corrected chi connectivity index (χ3v) is 5.91. The van der Waals surface area contributed by atoms with Crippen molar-refractivity contribution in [2.24, 2.45) is 5.92 Å². The molecule has 6 nitrogen and oxygen atoms in total. The van der Waals surface area contributed by atoms with Gasteiger partial charge in [0.2, 0.25) is 5.91 Å². The van der Waals surface area contributed by atoms with Crippen molar-refractivity contribution in [3.05, 3.63) is 59.0 Å². The molecule has 2 aromatic rings. The molecule has 0 unspecified atom stereocenters. The maximum atomic E-state index is 14.5. The molecule has 4 rings (SSSR count). The fourth-order valence-electron chi connectivity index (χ4n) is 4.18. The summed E-state index contributed by atoms with van der Waals surface area (Å²) in [6.07, 6.45) is -3.09. The maximum Gasteiger partial charge on any atom is 0.416 e. The number of halogens is 4. The summed E-state index contributed by atoms with van der Waals surface area (Å²) in [5.74, 6) is -2.31. The van der Waals surface area contributed by atoms with Crippen LogP contribution in [0.15, 0.2) is 36.5 Å². The Hall–Kier alpha value is -3.01. The van der Waals surface area contributed by atoms with E-state index in [-0.39, 0.29) is 18.3 Å². The Morgan fingerprint density at radius 2 is 1.81 bits per heavy atom. The fraction of sp³-hybridized carbons (Fsp3) is 0.409. The Kier molecular flexibility index (Phi) is 5.66. The molecule has 1 atom stereocenters. The molecule has 1 aliphatic heterocycles. The van der Waals surface area contributed by atoms with E-state index >= 15 is 0 Å². The molecular weight excluding hydrogens is 430 g/mol. The lowest BCUT2D eigenvalue weighted by Gasteiger charge is -2.47. The van der Waals surface area contributed by atoms with E-state index in [1.165, 1.54) is 29.3 Å². The van der Waals surface area contributed by atoms with Gasteiger partial charge in [-0.3, -0.25) is 14.5 Å². The van der Waals surface area contributed by atoms with E-state index in [0.29, 0.717) is 24.0 Å². The molecule has 1 saturated heterocycles. The number of anilines is 1. The number of alkyl halides is 3. The highest BCUT2D eigenvalue weighted by Gasteiger charge is 2.48. The predicted molar refractivity (Wildman–Crippen MR) is 106 cm³/mol. The van der Waals surface area contributed by atoms with Crippen LogP contribution in [0.1, 0.15) is 29.5 Å². The van der Waals surface area contributed by atoms with Gasteiger partial charge in [0, 0.05) is 12.7 Å². The van der Waals surface area contributed by atoms with Crippen LogP contribution in [0.2, 0.25) is 0 Å². The second-order valence-corrected chi connectivity index (χ2v) is 8.29. The fourth-order valence-corrected chi connectivity index (χ4v) is 4.18. The number of carbonyl (C=O) groups excluding carboxylic acids is 2. The van der Waals surface area contributed by atoms with Gasteiger partial charge in [0.1, 0.15) is 12.6 Å². The summed E-state index contributed by atoms with van der Waals surface area (Å²) in [5.41, 5.74) is 0.176. The molecule has 0 bridgehead atoms. The molecule has 1 aromatic heterocycles. The molecule has 1 N–H and O–H groups in total. The van der Waals surface area contributed by atoms with Crippen LogP contribution in [0.3, 0.4) is 0 Å². The van der Waals surface area contributed by atoms with Gasteiger partial charge in [-0.2, -0.15) is 13.2 Å². The molecule has 32 heavy (non-hydrogen) atoms. The Morgan fingerprint density at radius 3 is 2.38 bits per heavy atom. The summed E-state index contributed by atoms with van der Waals surface area (Å²) in [6, 6.07) is 4.62. The largest absolute Gasteiger partial charge is 0.416 e. The molecule has 1 aromatic carbocycles. The monoisotopic (exact) mass is 451 g/mol. The van der Waals surface area contributed by atoms with Crippen molar-refractivity contribution in [3.63, 3.8) is 0 Å². The third kappa shape index (κ3) is 4.19. The van der Waals surface area contributed by atoms with E-state index in [1.807, 2.05) is 0 Å². The van der Waals surface area contributed by atoms with Gasteiger partial charge in [-0.1, -0.05) is 12.1 Å². The lowest BCUT2D eigenvalue weighted by atomic mass is 9.75. The number of amides is 2. The number of piperazine rings is 1. The van der Waals surface area contributed by atoms with E-state index in [2.05, 4.69) is 4.98 Å². The van der Waals surface area contributed by atoms with Gasteiger partial charge in [0.15, 0.2) is 11.6 Å². The molecule has 0 radical (unpaired) electrons. The number of nitrogens with zero attached hydrogens (tertiary/aromatic N) is 3. The second kappa shape index (κ2) is 8.16. The SMILES string of the molecule is Cc1cnc(N2CC(=O)N(Cc3ccc(C(F)(F)F)cc3)[C@@H](C3CC(O)C3)C2=O)c(F)c1. The third-order valence-electron chi connectivity index (χ3n) is 5.91. The number of rotatable bonds is 4. The Morgan fingerprint density at radius 1 is 1.16 bits per heavy atom. The van der Waals surface area contributed by atoms with Crippen LogP contribution >= 0.6 is 0 Å². The van der Waals surface area contributed by atoms with Crippen molar-refractivity contribution in [3.8, 4) is 0 Å². The number of aliphatic hydroxyl groups excluding tert-OH is 1. The highest BCUT2D eigenvalue weighted by molar-refractivity contribution is 6.06. The maximum absolute atomic E-state index is 14.5. The van der Waals surface area contributed by atoms with Gasteiger partial charge in [-0.05, 0) is 55.0 Å². The standard InChI is InChI=1S/C22H21F4N3O3/c1-12-6-17(23)20(27-9-12)29-11-18(31)28(19(21(29)32)14-7-16(30)8-14)10-13-2-4-15(5-3-13)22(24,25)26/h2-6,9,14,16,19,30H,7-8,10-11H2,1H3/t14?,16?,19-/m0/s1. The van der Waals surface area contributed by atoms with Crippen LogP contribution in [-0.2, 0) is 22.3 Å². The Balaban J connectivity index is 1.62. The number of aryl methyl sites for hydroxylation is 1. The van der Waals surface area contributed by atoms with Crippen LogP contribution in [0, 0.1) is 18.7 Å². The van der Waals surface area contributed by atoms with Gasteiger partial charge >= 0.3 is 6.18 Å². The summed E-state index contributed by atoms with van der Waals surface area (Å²) in [5, 5.41) is 9.73. The zero-order valence-corrected chi connectivity index (χ0v) is 17.1. The molecule has 2 aliphatic rings. The zero-order chi connectivity index (χ0) is 23.2. The van der Waals surface area contributed by atoms with Gasteiger partial charge < -0.3 is 10.0 Å².